The Kier molecular flexibility index (Phi) is 5.27. The van der Waals surface area contributed by atoms with Crippen LogP contribution in [0.3, 0.4) is 0 Å². The Morgan fingerprint density at radius 3 is 2.50 bits per heavy atom. The Morgan fingerprint density at radius 2 is 2.17 bits per heavy atom. The zero-order valence-corrected chi connectivity index (χ0v) is 7.60. The molecule has 0 aromatic heterocycles. The molecule has 0 saturated heterocycles. The molecular formula is C6H12N2O3S. The van der Waals surface area contributed by atoms with Crippen molar-refractivity contribution in [2.24, 2.45) is 0 Å². The van der Waals surface area contributed by atoms with Gasteiger partial charge in [0, 0.05) is 12.3 Å². The fourth-order valence-electron chi connectivity index (χ4n) is 0.555. The summed E-state index contributed by atoms with van der Waals surface area (Å²) >= 11 is 3.77. The lowest BCUT2D eigenvalue weighted by Gasteiger charge is -2.11. The minimum Gasteiger partial charge on any atom is -0.480 e. The van der Waals surface area contributed by atoms with Crippen LogP contribution in [0.4, 0.5) is 4.79 Å². The lowest BCUT2D eigenvalue weighted by Crippen LogP contribution is -2.46. The summed E-state index contributed by atoms with van der Waals surface area (Å²) in [5.74, 6) is -1.01. The third-order valence-electron chi connectivity index (χ3n) is 1.12. The number of rotatable bonds is 4. The molecule has 0 bridgehead atoms. The number of carboxylic acids is 1. The van der Waals surface area contributed by atoms with Gasteiger partial charge >= 0.3 is 12.0 Å². The number of aliphatic carboxylic acids is 1. The summed E-state index contributed by atoms with van der Waals surface area (Å²) in [5, 5.41) is 13.2. The topological polar surface area (TPSA) is 78.4 Å². The molecular weight excluding hydrogens is 180 g/mol. The van der Waals surface area contributed by atoms with E-state index in [4.69, 9.17) is 5.11 Å². The molecule has 0 aliphatic heterocycles. The first-order valence-electron chi connectivity index (χ1n) is 3.49. The molecule has 0 heterocycles. The minimum absolute atomic E-state index is 0.0759. The standard InChI is InChI=1S/C6H12N2O3S/c1-2-7-6(11)8-4(3-12)5(9)10/h4,12H,2-3H2,1H3,(H,9,10)(H2,7,8,11)/t4-/m0/s1. The van der Waals surface area contributed by atoms with Crippen LogP contribution in [0.1, 0.15) is 6.92 Å². The lowest BCUT2D eigenvalue weighted by atomic mass is 10.3. The van der Waals surface area contributed by atoms with Crippen LogP contribution in [0.2, 0.25) is 0 Å². The maximum Gasteiger partial charge on any atom is 0.327 e. The minimum atomic E-state index is -1.09. The molecule has 0 spiro atoms. The Morgan fingerprint density at radius 1 is 1.58 bits per heavy atom. The number of nitrogens with one attached hydrogen (secondary N) is 2. The summed E-state index contributed by atoms with van der Waals surface area (Å²) in [7, 11) is 0. The Balaban J connectivity index is 3.85. The second-order valence-electron chi connectivity index (χ2n) is 2.08. The highest BCUT2D eigenvalue weighted by Crippen LogP contribution is 1.87. The number of amides is 2. The monoisotopic (exact) mass is 192 g/mol. The van der Waals surface area contributed by atoms with E-state index in [-0.39, 0.29) is 5.75 Å². The van der Waals surface area contributed by atoms with Crippen molar-refractivity contribution in [3.05, 3.63) is 0 Å². The molecule has 0 unspecified atom stereocenters. The summed E-state index contributed by atoms with van der Waals surface area (Å²) in [6.07, 6.45) is 0. The summed E-state index contributed by atoms with van der Waals surface area (Å²) in [4.78, 5) is 21.2. The largest absolute Gasteiger partial charge is 0.480 e. The summed E-state index contributed by atoms with van der Waals surface area (Å²) in [6, 6.07) is -1.42. The molecule has 0 rings (SSSR count). The highest BCUT2D eigenvalue weighted by Gasteiger charge is 2.16. The molecule has 12 heavy (non-hydrogen) atoms. The molecule has 2 amide bonds. The highest BCUT2D eigenvalue weighted by atomic mass is 32.1. The SMILES string of the molecule is CCNC(=O)N[C@@H](CS)C(=O)O. The van der Waals surface area contributed by atoms with Crippen LogP contribution in [0.15, 0.2) is 0 Å². The van der Waals surface area contributed by atoms with Crippen molar-refractivity contribution in [1.82, 2.24) is 10.6 Å². The third-order valence-corrected chi connectivity index (χ3v) is 1.49. The van der Waals surface area contributed by atoms with Crippen LogP contribution in [-0.2, 0) is 4.79 Å². The van der Waals surface area contributed by atoms with E-state index in [2.05, 4.69) is 23.3 Å². The lowest BCUT2D eigenvalue weighted by molar-refractivity contribution is -0.138. The van der Waals surface area contributed by atoms with Crippen molar-refractivity contribution in [2.45, 2.75) is 13.0 Å². The number of carbonyl (C=O) groups excluding carboxylic acids is 1. The molecule has 3 N–H and O–H groups in total. The van der Waals surface area contributed by atoms with Gasteiger partial charge in [-0.15, -0.1) is 0 Å². The number of thiol groups is 1. The van der Waals surface area contributed by atoms with Gasteiger partial charge < -0.3 is 15.7 Å². The van der Waals surface area contributed by atoms with Crippen LogP contribution in [0, 0.1) is 0 Å². The quantitative estimate of drug-likeness (QED) is 0.461. The van der Waals surface area contributed by atoms with Crippen LogP contribution in [-0.4, -0.2) is 35.4 Å². The number of urea groups is 1. The van der Waals surface area contributed by atoms with Crippen LogP contribution >= 0.6 is 12.6 Å². The molecule has 0 aromatic carbocycles. The van der Waals surface area contributed by atoms with Gasteiger partial charge in [0.05, 0.1) is 0 Å². The number of hydrogen-bond acceptors (Lipinski definition) is 3. The predicted octanol–water partition coefficient (Wildman–Crippen LogP) is -0.312. The van der Waals surface area contributed by atoms with Crippen molar-refractivity contribution in [2.75, 3.05) is 12.3 Å². The van der Waals surface area contributed by atoms with Crippen LogP contribution in [0.5, 0.6) is 0 Å². The fourth-order valence-corrected chi connectivity index (χ4v) is 0.803. The number of carboxylic acid groups (broad SMARTS) is 1. The molecule has 0 radical (unpaired) electrons. The van der Waals surface area contributed by atoms with E-state index in [1.807, 2.05) is 0 Å². The molecule has 6 heteroatoms. The summed E-state index contributed by atoms with van der Waals surface area (Å²) < 4.78 is 0. The van der Waals surface area contributed by atoms with Gasteiger partial charge in [0.1, 0.15) is 6.04 Å². The van der Waals surface area contributed by atoms with Gasteiger partial charge in [-0.25, -0.2) is 9.59 Å². The molecule has 0 aliphatic carbocycles. The molecule has 5 nitrogen and oxygen atoms in total. The number of hydrogen-bond donors (Lipinski definition) is 4. The molecule has 0 aromatic rings. The van der Waals surface area contributed by atoms with Crippen molar-refractivity contribution < 1.29 is 14.7 Å². The zero-order valence-electron chi connectivity index (χ0n) is 6.70. The average molecular weight is 192 g/mol. The van der Waals surface area contributed by atoms with Crippen molar-refractivity contribution in [1.29, 1.82) is 0 Å². The van der Waals surface area contributed by atoms with E-state index < -0.39 is 18.0 Å². The van der Waals surface area contributed by atoms with E-state index >= 15 is 0 Å². The van der Waals surface area contributed by atoms with Gasteiger partial charge in [0.25, 0.3) is 0 Å². The van der Waals surface area contributed by atoms with Crippen LogP contribution < -0.4 is 10.6 Å². The van der Waals surface area contributed by atoms with Crippen molar-refractivity contribution >= 4 is 24.6 Å². The second-order valence-corrected chi connectivity index (χ2v) is 2.44. The van der Waals surface area contributed by atoms with Crippen molar-refractivity contribution in [3.63, 3.8) is 0 Å². The Hall–Kier alpha value is -0.910. The molecule has 0 fully saturated rings. The van der Waals surface area contributed by atoms with Gasteiger partial charge in [-0.3, -0.25) is 0 Å². The van der Waals surface area contributed by atoms with E-state index in [9.17, 15) is 9.59 Å². The second kappa shape index (κ2) is 5.70. The van der Waals surface area contributed by atoms with E-state index in [0.29, 0.717) is 6.54 Å². The maximum absolute atomic E-state index is 10.8. The zero-order chi connectivity index (χ0) is 9.56. The van der Waals surface area contributed by atoms with Crippen molar-refractivity contribution in [3.8, 4) is 0 Å². The van der Waals surface area contributed by atoms with Gasteiger partial charge in [0.15, 0.2) is 0 Å². The first-order valence-corrected chi connectivity index (χ1v) is 4.13. The first kappa shape index (κ1) is 11.1. The van der Waals surface area contributed by atoms with E-state index in [1.54, 1.807) is 6.92 Å². The maximum atomic E-state index is 10.8. The summed E-state index contributed by atoms with van der Waals surface area (Å²) in [5.41, 5.74) is 0. The van der Waals surface area contributed by atoms with E-state index in [0.717, 1.165) is 0 Å². The molecule has 70 valence electrons. The van der Waals surface area contributed by atoms with E-state index in [1.165, 1.54) is 0 Å². The first-order chi connectivity index (χ1) is 5.61. The Bertz CT molecular complexity index is 174. The van der Waals surface area contributed by atoms with Gasteiger partial charge in [-0.2, -0.15) is 12.6 Å². The average Bonchev–Trinajstić information content (AvgIpc) is 2.00. The van der Waals surface area contributed by atoms with Gasteiger partial charge in [-0.1, -0.05) is 0 Å². The molecule has 0 aliphatic rings. The molecule has 1 atom stereocenters. The fraction of sp³-hybridized carbons (Fsp3) is 0.667. The Labute approximate surface area is 75.9 Å². The third kappa shape index (κ3) is 4.07. The highest BCUT2D eigenvalue weighted by molar-refractivity contribution is 7.80. The predicted molar refractivity (Wildman–Crippen MR) is 47.5 cm³/mol. The summed E-state index contributed by atoms with van der Waals surface area (Å²) in [6.45, 7) is 2.21. The normalized spacial score (nSPS) is 11.8. The van der Waals surface area contributed by atoms with Gasteiger partial charge in [-0.05, 0) is 6.92 Å². The number of carbonyl (C=O) groups is 2. The van der Waals surface area contributed by atoms with Crippen LogP contribution in [0.25, 0.3) is 0 Å². The smallest absolute Gasteiger partial charge is 0.327 e. The van der Waals surface area contributed by atoms with Gasteiger partial charge in [0.2, 0.25) is 0 Å². The molecule has 0 saturated carbocycles.